The van der Waals surface area contributed by atoms with Crippen molar-refractivity contribution >= 4 is 29.1 Å². The monoisotopic (exact) mass is 377 g/mol. The first-order valence-corrected chi connectivity index (χ1v) is 7.94. The SMILES string of the molecule is Cc1nc(C)c(-c2nnc(-c3ccc(Cl)cc3Cl)o2)cc1C(=O)NN. The van der Waals surface area contributed by atoms with Gasteiger partial charge in [-0.15, -0.1) is 10.2 Å². The van der Waals surface area contributed by atoms with Crippen molar-refractivity contribution in [2.75, 3.05) is 0 Å². The molecule has 0 fully saturated rings. The van der Waals surface area contributed by atoms with Gasteiger partial charge in [-0.2, -0.15) is 0 Å². The van der Waals surface area contributed by atoms with E-state index < -0.39 is 5.91 Å². The molecule has 9 heteroatoms. The normalized spacial score (nSPS) is 10.8. The van der Waals surface area contributed by atoms with E-state index in [-0.39, 0.29) is 11.8 Å². The summed E-state index contributed by atoms with van der Waals surface area (Å²) in [5, 5.41) is 8.94. The first-order chi connectivity index (χ1) is 11.9. The van der Waals surface area contributed by atoms with E-state index in [4.69, 9.17) is 33.5 Å². The summed E-state index contributed by atoms with van der Waals surface area (Å²) in [7, 11) is 0. The van der Waals surface area contributed by atoms with E-state index in [2.05, 4.69) is 20.6 Å². The Balaban J connectivity index is 2.07. The van der Waals surface area contributed by atoms with E-state index in [1.165, 1.54) is 0 Å². The zero-order chi connectivity index (χ0) is 18.1. The smallest absolute Gasteiger partial charge is 0.267 e. The summed E-state index contributed by atoms with van der Waals surface area (Å²) in [4.78, 5) is 16.2. The number of hydrogen-bond donors (Lipinski definition) is 2. The number of hydrogen-bond acceptors (Lipinski definition) is 6. The number of rotatable bonds is 3. The van der Waals surface area contributed by atoms with Crippen LogP contribution >= 0.6 is 23.2 Å². The number of aryl methyl sites for hydroxylation is 2. The molecule has 1 aromatic carbocycles. The van der Waals surface area contributed by atoms with Crippen LogP contribution in [0.4, 0.5) is 0 Å². The van der Waals surface area contributed by atoms with Crippen molar-refractivity contribution in [3.8, 4) is 22.9 Å². The summed E-state index contributed by atoms with van der Waals surface area (Å²) in [6, 6.07) is 6.57. The summed E-state index contributed by atoms with van der Waals surface area (Å²) in [5.74, 6) is 5.21. The number of carbonyl (C=O) groups excluding carboxylic acids is 1. The number of nitrogen functional groups attached to an aromatic ring is 1. The summed E-state index contributed by atoms with van der Waals surface area (Å²) >= 11 is 12.1. The molecule has 0 saturated carbocycles. The van der Waals surface area contributed by atoms with Gasteiger partial charge >= 0.3 is 0 Å². The highest BCUT2D eigenvalue weighted by Gasteiger charge is 2.19. The summed E-state index contributed by atoms with van der Waals surface area (Å²) in [5.41, 5.74) is 4.70. The lowest BCUT2D eigenvalue weighted by molar-refractivity contribution is 0.0952. The van der Waals surface area contributed by atoms with Crippen LogP contribution < -0.4 is 11.3 Å². The third kappa shape index (κ3) is 3.34. The molecule has 7 nitrogen and oxygen atoms in total. The molecule has 2 aromatic heterocycles. The highest BCUT2D eigenvalue weighted by Crippen LogP contribution is 2.32. The number of nitrogens with one attached hydrogen (secondary N) is 1. The van der Waals surface area contributed by atoms with Crippen LogP contribution in [0.3, 0.4) is 0 Å². The van der Waals surface area contributed by atoms with E-state index in [0.717, 1.165) is 0 Å². The van der Waals surface area contributed by atoms with Crippen LogP contribution in [0.5, 0.6) is 0 Å². The largest absolute Gasteiger partial charge is 0.416 e. The lowest BCUT2D eigenvalue weighted by Gasteiger charge is -2.07. The van der Waals surface area contributed by atoms with E-state index in [0.29, 0.717) is 38.1 Å². The average Bonchev–Trinajstić information content (AvgIpc) is 3.03. The van der Waals surface area contributed by atoms with Crippen LogP contribution in [0.2, 0.25) is 10.0 Å². The number of aromatic nitrogens is 3. The Morgan fingerprint density at radius 3 is 2.40 bits per heavy atom. The number of halogens is 2. The van der Waals surface area contributed by atoms with Crippen molar-refractivity contribution in [3.63, 3.8) is 0 Å². The predicted octanol–water partition coefficient (Wildman–Crippen LogP) is 3.33. The van der Waals surface area contributed by atoms with Gasteiger partial charge in [-0.05, 0) is 38.1 Å². The Morgan fingerprint density at radius 2 is 1.76 bits per heavy atom. The fourth-order valence-corrected chi connectivity index (χ4v) is 2.84. The van der Waals surface area contributed by atoms with Gasteiger partial charge in [-0.1, -0.05) is 23.2 Å². The minimum absolute atomic E-state index is 0.220. The van der Waals surface area contributed by atoms with Gasteiger partial charge in [-0.25, -0.2) is 5.84 Å². The number of hydrazine groups is 1. The maximum Gasteiger partial charge on any atom is 0.267 e. The van der Waals surface area contributed by atoms with Crippen molar-refractivity contribution in [2.45, 2.75) is 13.8 Å². The third-order valence-corrected chi connectivity index (χ3v) is 4.14. The lowest BCUT2D eigenvalue weighted by atomic mass is 10.1. The first kappa shape index (κ1) is 17.3. The molecule has 0 aliphatic carbocycles. The molecule has 1 amide bonds. The van der Waals surface area contributed by atoms with Gasteiger partial charge in [0.2, 0.25) is 11.8 Å². The van der Waals surface area contributed by atoms with Crippen molar-refractivity contribution in [3.05, 3.63) is 51.3 Å². The maximum absolute atomic E-state index is 11.9. The predicted molar refractivity (Wildman–Crippen MR) is 94.1 cm³/mol. The maximum atomic E-state index is 11.9. The Bertz CT molecular complexity index is 971. The second-order valence-corrected chi connectivity index (χ2v) is 6.11. The Labute approximate surface area is 153 Å². The fourth-order valence-electron chi connectivity index (χ4n) is 2.35. The molecule has 0 radical (unpaired) electrons. The molecule has 2 heterocycles. The van der Waals surface area contributed by atoms with Crippen LogP contribution in [-0.2, 0) is 0 Å². The molecule has 3 aromatic rings. The minimum Gasteiger partial charge on any atom is -0.416 e. The second kappa shape index (κ2) is 6.79. The van der Waals surface area contributed by atoms with Crippen molar-refractivity contribution in [2.24, 2.45) is 5.84 Å². The molecule has 128 valence electrons. The Morgan fingerprint density at radius 1 is 1.08 bits per heavy atom. The topological polar surface area (TPSA) is 107 Å². The van der Waals surface area contributed by atoms with Crippen LogP contribution in [-0.4, -0.2) is 21.1 Å². The van der Waals surface area contributed by atoms with E-state index in [1.54, 1.807) is 38.1 Å². The van der Waals surface area contributed by atoms with Crippen LogP contribution in [0.15, 0.2) is 28.7 Å². The fraction of sp³-hybridized carbons (Fsp3) is 0.125. The number of nitrogens with two attached hydrogens (primary N) is 1. The molecule has 0 spiro atoms. The molecule has 0 atom stereocenters. The molecule has 25 heavy (non-hydrogen) atoms. The summed E-state index contributed by atoms with van der Waals surface area (Å²) in [6.45, 7) is 3.50. The number of carbonyl (C=O) groups is 1. The second-order valence-electron chi connectivity index (χ2n) is 5.26. The van der Waals surface area contributed by atoms with Gasteiger partial charge in [0, 0.05) is 5.02 Å². The molecular formula is C16H13Cl2N5O2. The standard InChI is InChI=1S/C16H13Cl2N5O2/c1-7-11(14(24)21-19)6-12(8(2)20-7)16-23-22-15(25-16)10-4-3-9(17)5-13(10)18/h3-6H,19H2,1-2H3,(H,21,24). The van der Waals surface area contributed by atoms with Gasteiger partial charge < -0.3 is 4.42 Å². The van der Waals surface area contributed by atoms with Crippen molar-refractivity contribution < 1.29 is 9.21 Å². The molecule has 0 bridgehead atoms. The molecule has 0 saturated heterocycles. The molecular weight excluding hydrogens is 365 g/mol. The number of nitrogens with zero attached hydrogens (tertiary/aromatic N) is 3. The van der Waals surface area contributed by atoms with Gasteiger partial charge in [0.1, 0.15) is 0 Å². The molecule has 3 rings (SSSR count). The quantitative estimate of drug-likeness (QED) is 0.411. The Hall–Kier alpha value is -2.48. The highest BCUT2D eigenvalue weighted by molar-refractivity contribution is 6.36. The molecule has 3 N–H and O–H groups in total. The number of amides is 1. The van der Waals surface area contributed by atoms with Gasteiger partial charge in [-0.3, -0.25) is 15.2 Å². The lowest BCUT2D eigenvalue weighted by Crippen LogP contribution is -2.30. The minimum atomic E-state index is -0.452. The van der Waals surface area contributed by atoms with Gasteiger partial charge in [0.15, 0.2) is 0 Å². The Kier molecular flexibility index (Phi) is 4.71. The molecule has 0 unspecified atom stereocenters. The van der Waals surface area contributed by atoms with Gasteiger partial charge in [0.05, 0.1) is 33.1 Å². The van der Waals surface area contributed by atoms with Crippen LogP contribution in [0.1, 0.15) is 21.7 Å². The van der Waals surface area contributed by atoms with Crippen molar-refractivity contribution in [1.29, 1.82) is 0 Å². The zero-order valence-electron chi connectivity index (χ0n) is 13.3. The first-order valence-electron chi connectivity index (χ1n) is 7.19. The van der Waals surface area contributed by atoms with E-state index in [1.807, 2.05) is 0 Å². The molecule has 0 aliphatic heterocycles. The van der Waals surface area contributed by atoms with Gasteiger partial charge in [0.25, 0.3) is 5.91 Å². The summed E-state index contributed by atoms with van der Waals surface area (Å²) in [6.07, 6.45) is 0. The highest BCUT2D eigenvalue weighted by atomic mass is 35.5. The van der Waals surface area contributed by atoms with Crippen molar-refractivity contribution in [1.82, 2.24) is 20.6 Å². The number of benzene rings is 1. The summed E-state index contributed by atoms with van der Waals surface area (Å²) < 4.78 is 5.71. The average molecular weight is 378 g/mol. The van der Waals surface area contributed by atoms with Crippen LogP contribution in [0.25, 0.3) is 22.9 Å². The zero-order valence-corrected chi connectivity index (χ0v) is 14.8. The van der Waals surface area contributed by atoms with E-state index in [9.17, 15) is 4.79 Å². The number of pyridine rings is 1. The third-order valence-electron chi connectivity index (χ3n) is 3.60. The van der Waals surface area contributed by atoms with E-state index >= 15 is 0 Å². The van der Waals surface area contributed by atoms with Crippen LogP contribution in [0, 0.1) is 13.8 Å². The molecule has 0 aliphatic rings.